The van der Waals surface area contributed by atoms with E-state index in [1.807, 2.05) is 0 Å². The number of halogens is 1. The van der Waals surface area contributed by atoms with Crippen molar-refractivity contribution >= 4 is 11.0 Å². The fourth-order valence-corrected chi connectivity index (χ4v) is 2.71. The molecule has 0 fully saturated rings. The predicted molar refractivity (Wildman–Crippen MR) is 94.1 cm³/mol. The summed E-state index contributed by atoms with van der Waals surface area (Å²) >= 11 is 0. The van der Waals surface area contributed by atoms with Crippen molar-refractivity contribution in [2.75, 3.05) is 28.4 Å². The normalized spacial score (nSPS) is 10.7. The fraction of sp³-hybridized carbons (Fsp3) is 0.211. The Balaban J connectivity index is 2.30. The van der Waals surface area contributed by atoms with Gasteiger partial charge in [0.25, 0.3) is 0 Å². The molecule has 0 saturated carbocycles. The van der Waals surface area contributed by atoms with Gasteiger partial charge in [-0.25, -0.2) is 4.39 Å². The molecule has 0 amide bonds. The first-order chi connectivity index (χ1) is 12.5. The maximum absolute atomic E-state index is 14.0. The van der Waals surface area contributed by atoms with Gasteiger partial charge in [0.05, 0.1) is 33.8 Å². The van der Waals surface area contributed by atoms with Crippen LogP contribution in [0.15, 0.2) is 39.5 Å². The Kier molecular flexibility index (Phi) is 4.71. The first kappa shape index (κ1) is 17.6. The molecule has 0 bridgehead atoms. The molecule has 0 aliphatic heterocycles. The lowest BCUT2D eigenvalue weighted by molar-refractivity contribution is 0.324. The molecule has 26 heavy (non-hydrogen) atoms. The second-order valence-corrected chi connectivity index (χ2v) is 5.35. The van der Waals surface area contributed by atoms with Crippen molar-refractivity contribution in [1.29, 1.82) is 0 Å². The summed E-state index contributed by atoms with van der Waals surface area (Å²) in [6, 6.07) is 7.09. The monoisotopic (exact) mass is 360 g/mol. The van der Waals surface area contributed by atoms with Gasteiger partial charge in [0.15, 0.2) is 28.3 Å². The molecule has 7 heteroatoms. The van der Waals surface area contributed by atoms with Gasteiger partial charge in [0, 0.05) is 11.6 Å². The van der Waals surface area contributed by atoms with Crippen molar-refractivity contribution in [3.05, 3.63) is 46.4 Å². The molecular formula is C19H17FO6. The van der Waals surface area contributed by atoms with E-state index in [-0.39, 0.29) is 33.7 Å². The summed E-state index contributed by atoms with van der Waals surface area (Å²) < 4.78 is 40.7. The van der Waals surface area contributed by atoms with E-state index in [4.69, 9.17) is 23.4 Å². The predicted octanol–water partition coefficient (Wildman–Crippen LogP) is 3.63. The van der Waals surface area contributed by atoms with Crippen LogP contribution < -0.4 is 24.4 Å². The standard InChI is InChI=1S/C19H17FO6/c1-22-14-6-5-10(7-12(14)20)15-9-13(21)11-8-16(23-2)18(24-3)19(25-4)17(11)26-15/h5-9H,1-4H3. The lowest BCUT2D eigenvalue weighted by Gasteiger charge is -2.14. The van der Waals surface area contributed by atoms with E-state index in [1.54, 1.807) is 6.07 Å². The van der Waals surface area contributed by atoms with Crippen LogP contribution in [0.1, 0.15) is 0 Å². The third-order valence-corrected chi connectivity index (χ3v) is 3.96. The number of rotatable bonds is 5. The van der Waals surface area contributed by atoms with E-state index in [1.165, 1.54) is 52.7 Å². The maximum Gasteiger partial charge on any atom is 0.208 e. The minimum atomic E-state index is -0.563. The fourth-order valence-electron chi connectivity index (χ4n) is 2.71. The van der Waals surface area contributed by atoms with E-state index < -0.39 is 5.82 Å². The Morgan fingerprint density at radius 3 is 2.12 bits per heavy atom. The van der Waals surface area contributed by atoms with Crippen LogP contribution in [0.25, 0.3) is 22.3 Å². The van der Waals surface area contributed by atoms with Crippen molar-refractivity contribution < 1.29 is 27.8 Å². The van der Waals surface area contributed by atoms with Crippen LogP contribution in [0.5, 0.6) is 23.0 Å². The zero-order chi connectivity index (χ0) is 18.8. The maximum atomic E-state index is 14.0. The van der Waals surface area contributed by atoms with Gasteiger partial charge in [-0.05, 0) is 24.3 Å². The van der Waals surface area contributed by atoms with Crippen LogP contribution in [0.3, 0.4) is 0 Å². The van der Waals surface area contributed by atoms with Gasteiger partial charge < -0.3 is 23.4 Å². The van der Waals surface area contributed by atoms with Gasteiger partial charge in [0.1, 0.15) is 5.76 Å². The Morgan fingerprint density at radius 2 is 1.54 bits per heavy atom. The third kappa shape index (κ3) is 2.81. The molecule has 0 aliphatic carbocycles. The van der Waals surface area contributed by atoms with Crippen molar-refractivity contribution in [2.24, 2.45) is 0 Å². The van der Waals surface area contributed by atoms with Gasteiger partial charge in [-0.3, -0.25) is 4.79 Å². The summed E-state index contributed by atoms with van der Waals surface area (Å²) in [6.45, 7) is 0. The molecule has 0 saturated heterocycles. The number of ether oxygens (including phenoxy) is 4. The van der Waals surface area contributed by atoms with E-state index in [2.05, 4.69) is 0 Å². The van der Waals surface area contributed by atoms with Crippen LogP contribution in [0, 0.1) is 5.82 Å². The lowest BCUT2D eigenvalue weighted by Crippen LogP contribution is -2.04. The molecule has 0 N–H and O–H groups in total. The van der Waals surface area contributed by atoms with Crippen LogP contribution in [0.2, 0.25) is 0 Å². The highest BCUT2D eigenvalue weighted by atomic mass is 19.1. The number of benzene rings is 2. The highest BCUT2D eigenvalue weighted by Gasteiger charge is 2.21. The van der Waals surface area contributed by atoms with Gasteiger partial charge in [0.2, 0.25) is 11.5 Å². The topological polar surface area (TPSA) is 67.1 Å². The molecule has 3 aromatic rings. The van der Waals surface area contributed by atoms with E-state index in [9.17, 15) is 9.18 Å². The molecular weight excluding hydrogens is 343 g/mol. The Hall–Kier alpha value is -3.22. The Bertz CT molecular complexity index is 1020. The molecule has 0 aliphatic rings. The average molecular weight is 360 g/mol. The van der Waals surface area contributed by atoms with Gasteiger partial charge in [-0.1, -0.05) is 0 Å². The lowest BCUT2D eigenvalue weighted by atomic mass is 10.1. The van der Waals surface area contributed by atoms with Crippen LogP contribution in [0.4, 0.5) is 4.39 Å². The molecule has 0 spiro atoms. The molecule has 0 radical (unpaired) electrons. The highest BCUT2D eigenvalue weighted by Crippen LogP contribution is 2.43. The molecule has 6 nitrogen and oxygen atoms in total. The average Bonchev–Trinajstić information content (AvgIpc) is 2.66. The van der Waals surface area contributed by atoms with Gasteiger partial charge >= 0.3 is 0 Å². The Labute approximate surface area is 148 Å². The van der Waals surface area contributed by atoms with E-state index in [0.717, 1.165) is 0 Å². The second-order valence-electron chi connectivity index (χ2n) is 5.35. The summed E-state index contributed by atoms with van der Waals surface area (Å²) in [5.74, 6) is 0.577. The molecule has 136 valence electrons. The number of hydrogen-bond acceptors (Lipinski definition) is 6. The number of hydrogen-bond donors (Lipinski definition) is 0. The van der Waals surface area contributed by atoms with Crippen LogP contribution in [-0.4, -0.2) is 28.4 Å². The minimum Gasteiger partial charge on any atom is -0.494 e. The zero-order valence-electron chi connectivity index (χ0n) is 14.7. The van der Waals surface area contributed by atoms with E-state index >= 15 is 0 Å². The highest BCUT2D eigenvalue weighted by molar-refractivity contribution is 5.89. The SMILES string of the molecule is COc1ccc(-c2cc(=O)c3cc(OC)c(OC)c(OC)c3o2)cc1F. The largest absolute Gasteiger partial charge is 0.494 e. The van der Waals surface area contributed by atoms with Crippen LogP contribution >= 0.6 is 0 Å². The number of fused-ring (bicyclic) bond motifs is 1. The quantitative estimate of drug-likeness (QED) is 0.692. The molecule has 2 aromatic carbocycles. The number of methoxy groups -OCH3 is 4. The van der Waals surface area contributed by atoms with E-state index in [0.29, 0.717) is 17.1 Å². The van der Waals surface area contributed by atoms with Crippen molar-refractivity contribution in [1.82, 2.24) is 0 Å². The molecule has 0 atom stereocenters. The summed E-state index contributed by atoms with van der Waals surface area (Å²) in [7, 11) is 5.71. The minimum absolute atomic E-state index is 0.0980. The zero-order valence-corrected chi connectivity index (χ0v) is 14.7. The Morgan fingerprint density at radius 1 is 0.846 bits per heavy atom. The third-order valence-electron chi connectivity index (χ3n) is 3.96. The molecule has 3 rings (SSSR count). The van der Waals surface area contributed by atoms with Crippen molar-refractivity contribution in [3.63, 3.8) is 0 Å². The van der Waals surface area contributed by atoms with Crippen molar-refractivity contribution in [2.45, 2.75) is 0 Å². The molecule has 0 unspecified atom stereocenters. The van der Waals surface area contributed by atoms with Crippen LogP contribution in [-0.2, 0) is 0 Å². The van der Waals surface area contributed by atoms with Gasteiger partial charge in [-0.2, -0.15) is 0 Å². The smallest absolute Gasteiger partial charge is 0.208 e. The first-order valence-corrected chi connectivity index (χ1v) is 7.64. The summed E-state index contributed by atoms with van der Waals surface area (Å²) in [4.78, 5) is 12.6. The van der Waals surface area contributed by atoms with Gasteiger partial charge in [-0.15, -0.1) is 0 Å². The summed E-state index contributed by atoms with van der Waals surface area (Å²) in [6.07, 6.45) is 0. The second kappa shape index (κ2) is 6.95. The summed E-state index contributed by atoms with van der Waals surface area (Å²) in [5, 5.41) is 0.261. The molecule has 1 aromatic heterocycles. The first-order valence-electron chi connectivity index (χ1n) is 7.64. The van der Waals surface area contributed by atoms with Crippen molar-refractivity contribution in [3.8, 4) is 34.3 Å². The summed E-state index contributed by atoms with van der Waals surface area (Å²) in [5.41, 5.74) is 0.250. The molecule has 1 heterocycles.